The predicted octanol–water partition coefficient (Wildman–Crippen LogP) is 2.81. The average Bonchev–Trinajstić information content (AvgIpc) is 2.63. The van der Waals surface area contributed by atoms with Gasteiger partial charge in [0.15, 0.2) is 0 Å². The zero-order valence-electron chi connectivity index (χ0n) is 10.1. The topological polar surface area (TPSA) is 26.3 Å². The van der Waals surface area contributed by atoms with Crippen molar-refractivity contribution in [3.63, 3.8) is 0 Å². The van der Waals surface area contributed by atoms with Gasteiger partial charge in [0, 0.05) is 18.9 Å². The van der Waals surface area contributed by atoms with Crippen LogP contribution >= 0.6 is 0 Å². The van der Waals surface area contributed by atoms with Crippen LogP contribution in [-0.2, 0) is 9.53 Å². The van der Waals surface area contributed by atoms with Crippen LogP contribution in [0.1, 0.15) is 46.5 Å². The van der Waals surface area contributed by atoms with Crippen LogP contribution < -0.4 is 0 Å². The van der Waals surface area contributed by atoms with Gasteiger partial charge in [-0.05, 0) is 31.1 Å². The van der Waals surface area contributed by atoms with E-state index in [1.807, 2.05) is 6.92 Å². The van der Waals surface area contributed by atoms with Crippen LogP contribution in [0.4, 0.5) is 0 Å². The van der Waals surface area contributed by atoms with Crippen LogP contribution in [0.5, 0.6) is 0 Å². The number of Topliss-reactive ketones (excluding diaryl/α,β-unsaturated/α-hetero) is 1. The molecule has 2 rings (SSSR count). The fourth-order valence-corrected chi connectivity index (χ4v) is 3.90. The van der Waals surface area contributed by atoms with Crippen molar-refractivity contribution >= 4 is 5.78 Å². The molecule has 0 aliphatic heterocycles. The maximum atomic E-state index is 11.8. The number of carbonyl (C=O) groups is 1. The van der Waals surface area contributed by atoms with Crippen LogP contribution in [0.2, 0.25) is 0 Å². The summed E-state index contributed by atoms with van der Waals surface area (Å²) in [6.45, 7) is 7.35. The number of hydrogen-bond acceptors (Lipinski definition) is 2. The van der Waals surface area contributed by atoms with Crippen molar-refractivity contribution in [1.82, 2.24) is 0 Å². The van der Waals surface area contributed by atoms with E-state index in [0.29, 0.717) is 23.7 Å². The normalized spacial score (nSPS) is 44.7. The molecule has 0 aromatic rings. The molecule has 0 unspecified atom stereocenters. The number of carbonyl (C=O) groups excluding carboxylic acids is 1. The van der Waals surface area contributed by atoms with Crippen molar-refractivity contribution < 1.29 is 9.53 Å². The summed E-state index contributed by atoms with van der Waals surface area (Å²) in [7, 11) is 0. The van der Waals surface area contributed by atoms with Gasteiger partial charge in [-0.2, -0.15) is 0 Å². The van der Waals surface area contributed by atoms with E-state index < -0.39 is 0 Å². The Balaban J connectivity index is 2.20. The first kappa shape index (κ1) is 11.1. The second-order valence-electron chi connectivity index (χ2n) is 5.27. The Labute approximate surface area is 92.4 Å². The summed E-state index contributed by atoms with van der Waals surface area (Å²) in [5, 5.41) is 0. The van der Waals surface area contributed by atoms with Gasteiger partial charge >= 0.3 is 0 Å². The maximum absolute atomic E-state index is 11.8. The molecule has 2 fully saturated rings. The van der Waals surface area contributed by atoms with Gasteiger partial charge in [-0.25, -0.2) is 0 Å². The first-order valence-electron chi connectivity index (χ1n) is 6.27. The summed E-state index contributed by atoms with van der Waals surface area (Å²) in [5.41, 5.74) is 0.242. The Morgan fingerprint density at radius 1 is 1.47 bits per heavy atom. The van der Waals surface area contributed by atoms with Crippen LogP contribution in [-0.4, -0.2) is 18.5 Å². The molecule has 0 bridgehead atoms. The quantitative estimate of drug-likeness (QED) is 0.716. The molecule has 0 spiro atoms. The average molecular weight is 210 g/mol. The lowest BCUT2D eigenvalue weighted by atomic mass is 9.74. The van der Waals surface area contributed by atoms with E-state index in [4.69, 9.17) is 4.74 Å². The van der Waals surface area contributed by atoms with Crippen LogP contribution in [0.3, 0.4) is 0 Å². The molecule has 2 saturated carbocycles. The highest BCUT2D eigenvalue weighted by molar-refractivity contribution is 5.84. The minimum Gasteiger partial charge on any atom is -0.378 e. The highest BCUT2D eigenvalue weighted by atomic mass is 16.5. The molecule has 15 heavy (non-hydrogen) atoms. The molecule has 2 heteroatoms. The number of ether oxygens (including phenoxy) is 1. The Kier molecular flexibility index (Phi) is 2.89. The van der Waals surface area contributed by atoms with E-state index in [1.54, 1.807) is 0 Å². The van der Waals surface area contributed by atoms with Gasteiger partial charge in [0.05, 0.1) is 6.10 Å². The van der Waals surface area contributed by atoms with Crippen molar-refractivity contribution in [2.45, 2.75) is 52.6 Å². The lowest BCUT2D eigenvalue weighted by molar-refractivity contribution is -0.121. The van der Waals surface area contributed by atoms with Gasteiger partial charge in [-0.1, -0.05) is 20.3 Å². The number of fused-ring (bicyclic) bond motifs is 1. The highest BCUT2D eigenvalue weighted by Crippen LogP contribution is 2.57. The number of hydrogen-bond donors (Lipinski definition) is 0. The van der Waals surface area contributed by atoms with Gasteiger partial charge in [-0.3, -0.25) is 4.79 Å². The molecule has 0 aromatic carbocycles. The third kappa shape index (κ3) is 1.54. The zero-order valence-corrected chi connectivity index (χ0v) is 10.1. The van der Waals surface area contributed by atoms with Gasteiger partial charge in [0.25, 0.3) is 0 Å². The molecular formula is C13H22O2. The van der Waals surface area contributed by atoms with E-state index in [-0.39, 0.29) is 5.41 Å². The Bertz CT molecular complexity index is 261. The SMILES string of the molecule is CCO[C@@H]1C[C@H]2C(=O)CC[C@@]2(C)[C@H]1CC. The first-order valence-corrected chi connectivity index (χ1v) is 6.27. The largest absolute Gasteiger partial charge is 0.378 e. The summed E-state index contributed by atoms with van der Waals surface area (Å²) in [4.78, 5) is 11.8. The third-order valence-electron chi connectivity index (χ3n) is 4.68. The van der Waals surface area contributed by atoms with Crippen molar-refractivity contribution in [1.29, 1.82) is 0 Å². The zero-order chi connectivity index (χ0) is 11.1. The lowest BCUT2D eigenvalue weighted by Crippen LogP contribution is -2.29. The molecule has 0 aromatic heterocycles. The second kappa shape index (κ2) is 3.89. The smallest absolute Gasteiger partial charge is 0.136 e. The summed E-state index contributed by atoms with van der Waals surface area (Å²) in [6, 6.07) is 0. The van der Waals surface area contributed by atoms with Gasteiger partial charge in [0.2, 0.25) is 0 Å². The monoisotopic (exact) mass is 210 g/mol. The third-order valence-corrected chi connectivity index (χ3v) is 4.68. The lowest BCUT2D eigenvalue weighted by Gasteiger charge is -2.32. The minimum atomic E-state index is 0.242. The minimum absolute atomic E-state index is 0.242. The van der Waals surface area contributed by atoms with Gasteiger partial charge < -0.3 is 4.74 Å². The molecule has 2 aliphatic rings. The Morgan fingerprint density at radius 3 is 2.80 bits per heavy atom. The van der Waals surface area contributed by atoms with Crippen molar-refractivity contribution in [2.24, 2.45) is 17.3 Å². The molecule has 0 heterocycles. The van der Waals surface area contributed by atoms with E-state index in [2.05, 4.69) is 13.8 Å². The van der Waals surface area contributed by atoms with E-state index in [9.17, 15) is 4.79 Å². The van der Waals surface area contributed by atoms with Crippen LogP contribution in [0.25, 0.3) is 0 Å². The first-order chi connectivity index (χ1) is 7.13. The predicted molar refractivity (Wildman–Crippen MR) is 59.7 cm³/mol. The second-order valence-corrected chi connectivity index (χ2v) is 5.27. The molecule has 2 aliphatic carbocycles. The van der Waals surface area contributed by atoms with Gasteiger partial charge in [-0.15, -0.1) is 0 Å². The number of ketones is 1. The molecule has 2 nitrogen and oxygen atoms in total. The fraction of sp³-hybridized carbons (Fsp3) is 0.923. The Morgan fingerprint density at radius 2 is 2.20 bits per heavy atom. The van der Waals surface area contributed by atoms with Gasteiger partial charge in [0.1, 0.15) is 5.78 Å². The van der Waals surface area contributed by atoms with Crippen LogP contribution in [0, 0.1) is 17.3 Å². The highest BCUT2D eigenvalue weighted by Gasteiger charge is 2.57. The van der Waals surface area contributed by atoms with E-state index in [1.165, 1.54) is 0 Å². The van der Waals surface area contributed by atoms with Crippen molar-refractivity contribution in [3.8, 4) is 0 Å². The molecule has 0 N–H and O–H groups in total. The molecule has 0 radical (unpaired) electrons. The summed E-state index contributed by atoms with van der Waals surface area (Å²) in [6.07, 6.45) is 4.33. The molecule has 86 valence electrons. The number of rotatable bonds is 3. The molecule has 0 amide bonds. The van der Waals surface area contributed by atoms with E-state index >= 15 is 0 Å². The molecular weight excluding hydrogens is 188 g/mol. The molecule has 0 saturated heterocycles. The van der Waals surface area contributed by atoms with Crippen molar-refractivity contribution in [3.05, 3.63) is 0 Å². The fourth-order valence-electron chi connectivity index (χ4n) is 3.90. The summed E-state index contributed by atoms with van der Waals surface area (Å²) >= 11 is 0. The van der Waals surface area contributed by atoms with E-state index in [0.717, 1.165) is 32.3 Å². The van der Waals surface area contributed by atoms with Crippen molar-refractivity contribution in [2.75, 3.05) is 6.61 Å². The summed E-state index contributed by atoms with van der Waals surface area (Å²) < 4.78 is 5.80. The maximum Gasteiger partial charge on any atom is 0.136 e. The molecule has 4 atom stereocenters. The standard InChI is InChI=1S/C13H22O2/c1-4-9-12(15-5-2)8-10-11(14)6-7-13(9,10)3/h9-10,12H,4-8H2,1-3H3/t9-,10-,12+,13-/m0/s1. The summed E-state index contributed by atoms with van der Waals surface area (Å²) in [5.74, 6) is 1.37. The Hall–Kier alpha value is -0.370. The van der Waals surface area contributed by atoms with Crippen LogP contribution in [0.15, 0.2) is 0 Å².